The SMILES string of the molecule is CC1CN(Cc2cc(F)cc(F)c2)CCC1Br. The van der Waals surface area contributed by atoms with Gasteiger partial charge < -0.3 is 0 Å². The van der Waals surface area contributed by atoms with Crippen molar-refractivity contribution in [1.29, 1.82) is 0 Å². The lowest BCUT2D eigenvalue weighted by molar-refractivity contribution is 0.183. The Morgan fingerprint density at radius 1 is 1.29 bits per heavy atom. The number of hydrogen-bond acceptors (Lipinski definition) is 1. The Morgan fingerprint density at radius 3 is 2.53 bits per heavy atom. The summed E-state index contributed by atoms with van der Waals surface area (Å²) >= 11 is 3.64. The number of nitrogens with zero attached hydrogens (tertiary/aromatic N) is 1. The lowest BCUT2D eigenvalue weighted by Crippen LogP contribution is -2.39. The maximum Gasteiger partial charge on any atom is 0.126 e. The zero-order chi connectivity index (χ0) is 12.4. The average Bonchev–Trinajstić information content (AvgIpc) is 2.22. The number of rotatable bonds is 2. The molecule has 2 atom stereocenters. The van der Waals surface area contributed by atoms with Crippen molar-refractivity contribution in [2.45, 2.75) is 24.7 Å². The standard InChI is InChI=1S/C13H16BrF2N/c1-9-7-17(3-2-13(9)14)8-10-4-11(15)6-12(16)5-10/h4-6,9,13H,2-3,7-8H2,1H3. The van der Waals surface area contributed by atoms with E-state index in [1.54, 1.807) is 0 Å². The quantitative estimate of drug-likeness (QED) is 0.755. The summed E-state index contributed by atoms with van der Waals surface area (Å²) < 4.78 is 26.1. The van der Waals surface area contributed by atoms with Gasteiger partial charge in [-0.25, -0.2) is 8.78 Å². The van der Waals surface area contributed by atoms with Crippen LogP contribution in [0.2, 0.25) is 0 Å². The molecule has 0 aromatic heterocycles. The van der Waals surface area contributed by atoms with Gasteiger partial charge in [0, 0.05) is 24.0 Å². The largest absolute Gasteiger partial charge is 0.299 e. The van der Waals surface area contributed by atoms with Crippen LogP contribution in [0.3, 0.4) is 0 Å². The summed E-state index contributed by atoms with van der Waals surface area (Å²) in [7, 11) is 0. The van der Waals surface area contributed by atoms with Crippen LogP contribution in [0.5, 0.6) is 0 Å². The molecule has 0 aliphatic carbocycles. The number of alkyl halides is 1. The van der Waals surface area contributed by atoms with Crippen LogP contribution in [0.4, 0.5) is 8.78 Å². The molecule has 1 aliphatic heterocycles. The van der Waals surface area contributed by atoms with E-state index < -0.39 is 11.6 Å². The maximum atomic E-state index is 13.1. The predicted molar refractivity (Wildman–Crippen MR) is 68.1 cm³/mol. The molecule has 0 N–H and O–H groups in total. The molecule has 0 bridgehead atoms. The van der Waals surface area contributed by atoms with Gasteiger partial charge in [0.2, 0.25) is 0 Å². The third-order valence-electron chi connectivity index (χ3n) is 3.21. The second-order valence-electron chi connectivity index (χ2n) is 4.79. The first-order chi connectivity index (χ1) is 8.04. The van der Waals surface area contributed by atoms with Gasteiger partial charge in [-0.05, 0) is 36.6 Å². The van der Waals surface area contributed by atoms with E-state index in [2.05, 4.69) is 27.8 Å². The summed E-state index contributed by atoms with van der Waals surface area (Å²) in [5, 5.41) is 0. The molecular weight excluding hydrogens is 288 g/mol. The van der Waals surface area contributed by atoms with E-state index in [0.29, 0.717) is 22.9 Å². The van der Waals surface area contributed by atoms with Gasteiger partial charge >= 0.3 is 0 Å². The van der Waals surface area contributed by atoms with Gasteiger partial charge in [0.15, 0.2) is 0 Å². The van der Waals surface area contributed by atoms with Crippen LogP contribution < -0.4 is 0 Å². The molecule has 1 heterocycles. The van der Waals surface area contributed by atoms with Gasteiger partial charge in [0.25, 0.3) is 0 Å². The fourth-order valence-corrected chi connectivity index (χ4v) is 2.68. The lowest BCUT2D eigenvalue weighted by atomic mass is 9.99. The summed E-state index contributed by atoms with van der Waals surface area (Å²) in [6.07, 6.45) is 1.08. The second kappa shape index (κ2) is 5.44. The monoisotopic (exact) mass is 303 g/mol. The van der Waals surface area contributed by atoms with E-state index in [-0.39, 0.29) is 0 Å². The predicted octanol–water partition coefficient (Wildman–Crippen LogP) is 3.57. The molecule has 1 aromatic carbocycles. The molecular formula is C13H16BrF2N. The van der Waals surface area contributed by atoms with Gasteiger partial charge in [-0.15, -0.1) is 0 Å². The minimum atomic E-state index is -0.497. The zero-order valence-electron chi connectivity index (χ0n) is 9.80. The number of likely N-dealkylation sites (tertiary alicyclic amines) is 1. The van der Waals surface area contributed by atoms with E-state index in [0.717, 1.165) is 25.6 Å². The Kier molecular flexibility index (Phi) is 4.15. The van der Waals surface area contributed by atoms with E-state index in [1.165, 1.54) is 12.1 Å². The molecule has 1 aliphatic rings. The smallest absolute Gasteiger partial charge is 0.126 e. The Bertz CT molecular complexity index is 377. The topological polar surface area (TPSA) is 3.24 Å². The fraction of sp³-hybridized carbons (Fsp3) is 0.538. The van der Waals surface area contributed by atoms with Gasteiger partial charge in [0.1, 0.15) is 11.6 Å². The van der Waals surface area contributed by atoms with Gasteiger partial charge in [0.05, 0.1) is 0 Å². The molecule has 2 unspecified atom stereocenters. The minimum Gasteiger partial charge on any atom is -0.299 e. The summed E-state index contributed by atoms with van der Waals surface area (Å²) in [5.74, 6) is -0.422. The van der Waals surface area contributed by atoms with Crippen LogP contribution in [0.25, 0.3) is 0 Å². The van der Waals surface area contributed by atoms with Gasteiger partial charge in [-0.2, -0.15) is 0 Å². The van der Waals surface area contributed by atoms with Crippen molar-refractivity contribution < 1.29 is 8.78 Å². The number of halogens is 3. The van der Waals surface area contributed by atoms with Crippen molar-refractivity contribution in [2.24, 2.45) is 5.92 Å². The highest BCUT2D eigenvalue weighted by molar-refractivity contribution is 9.09. The summed E-state index contributed by atoms with van der Waals surface area (Å²) in [6.45, 7) is 4.75. The van der Waals surface area contributed by atoms with E-state index in [9.17, 15) is 8.78 Å². The Labute approximate surface area is 109 Å². The molecule has 17 heavy (non-hydrogen) atoms. The van der Waals surface area contributed by atoms with Crippen LogP contribution >= 0.6 is 15.9 Å². The van der Waals surface area contributed by atoms with Crippen molar-refractivity contribution in [3.8, 4) is 0 Å². The summed E-state index contributed by atoms with van der Waals surface area (Å²) in [5.41, 5.74) is 0.711. The van der Waals surface area contributed by atoms with Crippen molar-refractivity contribution in [3.63, 3.8) is 0 Å². The van der Waals surface area contributed by atoms with Crippen molar-refractivity contribution >= 4 is 15.9 Å². The Morgan fingerprint density at radius 2 is 1.94 bits per heavy atom. The first kappa shape index (κ1) is 13.0. The third-order valence-corrected chi connectivity index (χ3v) is 4.57. The van der Waals surface area contributed by atoms with Crippen molar-refractivity contribution in [1.82, 2.24) is 4.90 Å². The highest BCUT2D eigenvalue weighted by atomic mass is 79.9. The van der Waals surface area contributed by atoms with Crippen LogP contribution in [0.1, 0.15) is 18.9 Å². The zero-order valence-corrected chi connectivity index (χ0v) is 11.4. The molecule has 1 nitrogen and oxygen atoms in total. The van der Waals surface area contributed by atoms with Crippen molar-refractivity contribution in [3.05, 3.63) is 35.4 Å². The van der Waals surface area contributed by atoms with Crippen LogP contribution in [-0.4, -0.2) is 22.8 Å². The van der Waals surface area contributed by atoms with Gasteiger partial charge in [-0.3, -0.25) is 4.90 Å². The molecule has 1 fully saturated rings. The Hall–Kier alpha value is -0.480. The molecule has 1 aromatic rings. The average molecular weight is 304 g/mol. The lowest BCUT2D eigenvalue weighted by Gasteiger charge is -2.34. The highest BCUT2D eigenvalue weighted by Gasteiger charge is 2.23. The van der Waals surface area contributed by atoms with E-state index in [4.69, 9.17) is 0 Å². The molecule has 4 heteroatoms. The number of piperidine rings is 1. The highest BCUT2D eigenvalue weighted by Crippen LogP contribution is 2.24. The summed E-state index contributed by atoms with van der Waals surface area (Å²) in [6, 6.07) is 3.73. The normalized spacial score (nSPS) is 26.1. The fourth-order valence-electron chi connectivity index (χ4n) is 2.31. The number of hydrogen-bond donors (Lipinski definition) is 0. The number of benzene rings is 1. The van der Waals surface area contributed by atoms with Crippen molar-refractivity contribution in [2.75, 3.05) is 13.1 Å². The molecule has 0 saturated carbocycles. The molecule has 0 spiro atoms. The molecule has 0 radical (unpaired) electrons. The maximum absolute atomic E-state index is 13.1. The summed E-state index contributed by atoms with van der Waals surface area (Å²) in [4.78, 5) is 2.80. The van der Waals surface area contributed by atoms with Crippen LogP contribution in [0.15, 0.2) is 18.2 Å². The van der Waals surface area contributed by atoms with E-state index >= 15 is 0 Å². The first-order valence-corrected chi connectivity index (χ1v) is 6.77. The molecule has 94 valence electrons. The first-order valence-electron chi connectivity index (χ1n) is 5.86. The molecule has 1 saturated heterocycles. The van der Waals surface area contributed by atoms with Crippen LogP contribution in [-0.2, 0) is 6.54 Å². The van der Waals surface area contributed by atoms with Gasteiger partial charge in [-0.1, -0.05) is 22.9 Å². The second-order valence-corrected chi connectivity index (χ2v) is 5.97. The van der Waals surface area contributed by atoms with Crippen LogP contribution in [0, 0.1) is 17.6 Å². The molecule has 0 amide bonds. The third kappa shape index (κ3) is 3.49. The Balaban J connectivity index is 2.01. The van der Waals surface area contributed by atoms with E-state index in [1.807, 2.05) is 0 Å². The molecule has 2 rings (SSSR count). The minimum absolute atomic E-state index is 0.497.